The Balaban J connectivity index is 1.84. The SMILES string of the molecule is CCC(=O)Cc1ccc2c(c1)N(Cc1cnc[nH]1)CCO2. The number of Topliss-reactive ketones (excluding diaryl/α,β-unsaturated/α-hetero) is 1. The zero-order valence-corrected chi connectivity index (χ0v) is 12.1. The first-order valence-electron chi connectivity index (χ1n) is 7.26. The number of imidazole rings is 1. The van der Waals surface area contributed by atoms with E-state index in [0.717, 1.165) is 35.8 Å². The average Bonchev–Trinajstić information content (AvgIpc) is 3.01. The summed E-state index contributed by atoms with van der Waals surface area (Å²) in [5.41, 5.74) is 3.16. The summed E-state index contributed by atoms with van der Waals surface area (Å²) in [5.74, 6) is 1.14. The highest BCUT2D eigenvalue weighted by atomic mass is 16.5. The number of hydrogen-bond acceptors (Lipinski definition) is 4. The van der Waals surface area contributed by atoms with Crippen LogP contribution in [0.4, 0.5) is 5.69 Å². The van der Waals surface area contributed by atoms with Crippen LogP contribution in [0.15, 0.2) is 30.7 Å². The zero-order valence-electron chi connectivity index (χ0n) is 12.1. The number of aromatic amines is 1. The number of aromatic nitrogens is 2. The monoisotopic (exact) mass is 285 g/mol. The first kappa shape index (κ1) is 13.7. The van der Waals surface area contributed by atoms with Crippen LogP contribution >= 0.6 is 0 Å². The number of benzene rings is 1. The fourth-order valence-corrected chi connectivity index (χ4v) is 2.52. The molecule has 1 N–H and O–H groups in total. The molecule has 5 nitrogen and oxygen atoms in total. The van der Waals surface area contributed by atoms with Crippen molar-refractivity contribution in [3.8, 4) is 5.75 Å². The molecule has 1 aliphatic heterocycles. The minimum Gasteiger partial charge on any atom is -0.490 e. The van der Waals surface area contributed by atoms with E-state index in [9.17, 15) is 4.79 Å². The van der Waals surface area contributed by atoms with Crippen LogP contribution in [0.5, 0.6) is 5.75 Å². The second kappa shape index (κ2) is 5.99. The highest BCUT2D eigenvalue weighted by Crippen LogP contribution is 2.33. The molecule has 2 heterocycles. The lowest BCUT2D eigenvalue weighted by atomic mass is 10.1. The van der Waals surface area contributed by atoms with Gasteiger partial charge in [0.15, 0.2) is 0 Å². The van der Waals surface area contributed by atoms with Crippen molar-refractivity contribution in [2.24, 2.45) is 0 Å². The quantitative estimate of drug-likeness (QED) is 0.916. The Bertz CT molecular complexity index is 622. The molecule has 2 aromatic rings. The van der Waals surface area contributed by atoms with E-state index in [1.807, 2.05) is 25.3 Å². The van der Waals surface area contributed by atoms with Crippen molar-refractivity contribution >= 4 is 11.5 Å². The van der Waals surface area contributed by atoms with Crippen molar-refractivity contribution in [1.29, 1.82) is 0 Å². The fraction of sp³-hybridized carbons (Fsp3) is 0.375. The molecule has 3 rings (SSSR count). The molecule has 1 aromatic carbocycles. The molecule has 0 radical (unpaired) electrons. The van der Waals surface area contributed by atoms with Gasteiger partial charge in [-0.05, 0) is 17.7 Å². The Morgan fingerprint density at radius 1 is 1.48 bits per heavy atom. The number of rotatable bonds is 5. The Hall–Kier alpha value is -2.30. The number of fused-ring (bicyclic) bond motifs is 1. The van der Waals surface area contributed by atoms with Gasteiger partial charge in [-0.2, -0.15) is 0 Å². The Labute approximate surface area is 124 Å². The minimum absolute atomic E-state index is 0.256. The highest BCUT2D eigenvalue weighted by Gasteiger charge is 2.19. The van der Waals surface area contributed by atoms with E-state index in [2.05, 4.69) is 20.9 Å². The van der Waals surface area contributed by atoms with Gasteiger partial charge in [0, 0.05) is 19.0 Å². The summed E-state index contributed by atoms with van der Waals surface area (Å²) >= 11 is 0. The average molecular weight is 285 g/mol. The molecule has 0 amide bonds. The van der Waals surface area contributed by atoms with E-state index in [-0.39, 0.29) is 5.78 Å². The minimum atomic E-state index is 0.256. The summed E-state index contributed by atoms with van der Waals surface area (Å²) in [6.07, 6.45) is 4.58. The second-order valence-corrected chi connectivity index (χ2v) is 5.22. The lowest BCUT2D eigenvalue weighted by molar-refractivity contribution is -0.118. The predicted molar refractivity (Wildman–Crippen MR) is 80.6 cm³/mol. The van der Waals surface area contributed by atoms with E-state index in [0.29, 0.717) is 19.4 Å². The molecular weight excluding hydrogens is 266 g/mol. The molecule has 110 valence electrons. The van der Waals surface area contributed by atoms with Gasteiger partial charge in [0.05, 0.1) is 30.8 Å². The number of hydrogen-bond donors (Lipinski definition) is 1. The first-order valence-corrected chi connectivity index (χ1v) is 7.26. The second-order valence-electron chi connectivity index (χ2n) is 5.22. The maximum Gasteiger partial charge on any atom is 0.142 e. The largest absolute Gasteiger partial charge is 0.490 e. The molecule has 0 bridgehead atoms. The third-order valence-corrected chi connectivity index (χ3v) is 3.69. The number of anilines is 1. The molecule has 0 atom stereocenters. The molecule has 1 aliphatic rings. The van der Waals surface area contributed by atoms with Crippen LogP contribution in [0, 0.1) is 0 Å². The number of ether oxygens (including phenoxy) is 1. The van der Waals surface area contributed by atoms with Gasteiger partial charge in [-0.15, -0.1) is 0 Å². The first-order chi connectivity index (χ1) is 10.3. The molecule has 0 fully saturated rings. The number of carbonyl (C=O) groups is 1. The number of ketones is 1. The summed E-state index contributed by atoms with van der Waals surface area (Å²) in [4.78, 5) is 21.1. The third kappa shape index (κ3) is 3.07. The normalized spacial score (nSPS) is 13.7. The van der Waals surface area contributed by atoms with E-state index in [1.54, 1.807) is 6.33 Å². The maximum absolute atomic E-state index is 11.6. The van der Waals surface area contributed by atoms with Crippen LogP contribution in [-0.4, -0.2) is 28.9 Å². The number of carbonyl (C=O) groups excluding carboxylic acids is 1. The molecule has 0 saturated carbocycles. The molecule has 21 heavy (non-hydrogen) atoms. The van der Waals surface area contributed by atoms with Crippen molar-refractivity contribution in [2.75, 3.05) is 18.1 Å². The van der Waals surface area contributed by atoms with Crippen molar-refractivity contribution in [3.63, 3.8) is 0 Å². The molecule has 0 spiro atoms. The predicted octanol–water partition coefficient (Wildman–Crippen LogP) is 2.33. The molecule has 0 unspecified atom stereocenters. The van der Waals surface area contributed by atoms with Crippen LogP contribution < -0.4 is 9.64 Å². The van der Waals surface area contributed by atoms with Gasteiger partial charge in [0.1, 0.15) is 18.1 Å². The van der Waals surface area contributed by atoms with Crippen molar-refractivity contribution in [2.45, 2.75) is 26.3 Å². The Kier molecular flexibility index (Phi) is 3.90. The van der Waals surface area contributed by atoms with Gasteiger partial charge in [-0.25, -0.2) is 4.98 Å². The molecular formula is C16H19N3O2. The fourth-order valence-electron chi connectivity index (χ4n) is 2.52. The zero-order chi connectivity index (χ0) is 14.7. The lowest BCUT2D eigenvalue weighted by Crippen LogP contribution is -2.32. The summed E-state index contributed by atoms with van der Waals surface area (Å²) in [5, 5.41) is 0. The smallest absolute Gasteiger partial charge is 0.142 e. The van der Waals surface area contributed by atoms with E-state index >= 15 is 0 Å². The van der Waals surface area contributed by atoms with E-state index in [1.165, 1.54) is 0 Å². The summed E-state index contributed by atoms with van der Waals surface area (Å²) < 4.78 is 5.71. The topological polar surface area (TPSA) is 58.2 Å². The Morgan fingerprint density at radius 3 is 3.14 bits per heavy atom. The number of nitrogens with zero attached hydrogens (tertiary/aromatic N) is 2. The molecule has 1 aromatic heterocycles. The summed E-state index contributed by atoms with van der Waals surface area (Å²) in [7, 11) is 0. The molecule has 0 saturated heterocycles. The van der Waals surface area contributed by atoms with Crippen molar-refractivity contribution < 1.29 is 9.53 Å². The molecule has 0 aliphatic carbocycles. The number of H-pyrrole nitrogens is 1. The Morgan fingerprint density at radius 2 is 2.38 bits per heavy atom. The van der Waals surface area contributed by atoms with Crippen LogP contribution in [0.3, 0.4) is 0 Å². The van der Waals surface area contributed by atoms with Crippen molar-refractivity contribution in [1.82, 2.24) is 9.97 Å². The van der Waals surface area contributed by atoms with Gasteiger partial charge in [0.25, 0.3) is 0 Å². The van der Waals surface area contributed by atoms with Crippen LogP contribution in [0.1, 0.15) is 24.6 Å². The van der Waals surface area contributed by atoms with Crippen LogP contribution in [0.25, 0.3) is 0 Å². The van der Waals surface area contributed by atoms with Gasteiger partial charge in [-0.3, -0.25) is 4.79 Å². The van der Waals surface area contributed by atoms with Gasteiger partial charge in [-0.1, -0.05) is 13.0 Å². The molecule has 5 heteroatoms. The number of nitrogens with one attached hydrogen (secondary N) is 1. The van der Waals surface area contributed by atoms with Gasteiger partial charge in [0.2, 0.25) is 0 Å². The lowest BCUT2D eigenvalue weighted by Gasteiger charge is -2.31. The maximum atomic E-state index is 11.6. The van der Waals surface area contributed by atoms with Gasteiger partial charge >= 0.3 is 0 Å². The standard InChI is InChI=1S/C16H19N3O2/c1-2-14(20)7-12-3-4-16-15(8-12)19(5-6-21-16)10-13-9-17-11-18-13/h3-4,8-9,11H,2,5-7,10H2,1H3,(H,17,18). The van der Waals surface area contributed by atoms with E-state index in [4.69, 9.17) is 4.74 Å². The highest BCUT2D eigenvalue weighted by molar-refractivity contribution is 5.81. The summed E-state index contributed by atoms with van der Waals surface area (Å²) in [6, 6.07) is 6.01. The van der Waals surface area contributed by atoms with Crippen LogP contribution in [0.2, 0.25) is 0 Å². The van der Waals surface area contributed by atoms with Gasteiger partial charge < -0.3 is 14.6 Å². The third-order valence-electron chi connectivity index (χ3n) is 3.69. The van der Waals surface area contributed by atoms with E-state index < -0.39 is 0 Å². The van der Waals surface area contributed by atoms with Crippen molar-refractivity contribution in [3.05, 3.63) is 42.0 Å². The summed E-state index contributed by atoms with van der Waals surface area (Å²) in [6.45, 7) is 4.17. The van der Waals surface area contributed by atoms with Crippen LogP contribution in [-0.2, 0) is 17.8 Å².